The van der Waals surface area contributed by atoms with E-state index < -0.39 is 0 Å². The number of thiophene rings is 1. The summed E-state index contributed by atoms with van der Waals surface area (Å²) in [6, 6.07) is 1.81. The molecule has 0 radical (unpaired) electrons. The average Bonchev–Trinajstić information content (AvgIpc) is 2.72. The number of Topliss-reactive ketones (excluding diaryl/α,β-unsaturated/α-hetero) is 1. The first kappa shape index (κ1) is 12.3. The van der Waals surface area contributed by atoms with Crippen molar-refractivity contribution in [2.24, 2.45) is 0 Å². The summed E-state index contributed by atoms with van der Waals surface area (Å²) in [5.74, 6) is 0.186. The lowest BCUT2D eigenvalue weighted by atomic mass is 10.2. The highest BCUT2D eigenvalue weighted by Crippen LogP contribution is 2.30. The predicted molar refractivity (Wildman–Crippen MR) is 73.5 cm³/mol. The van der Waals surface area contributed by atoms with Crippen molar-refractivity contribution < 1.29 is 9.28 Å². The summed E-state index contributed by atoms with van der Waals surface area (Å²) in [5.41, 5.74) is 0. The van der Waals surface area contributed by atoms with Crippen molar-refractivity contribution in [1.29, 1.82) is 0 Å². The van der Waals surface area contributed by atoms with Gasteiger partial charge in [-0.05, 0) is 11.4 Å². The van der Waals surface area contributed by atoms with Crippen molar-refractivity contribution >= 4 is 28.7 Å². The lowest BCUT2D eigenvalue weighted by Gasteiger charge is -2.60. The molecule has 5 nitrogen and oxygen atoms in total. The number of carbonyl (C=O) groups is 1. The molecule has 19 heavy (non-hydrogen) atoms. The summed E-state index contributed by atoms with van der Waals surface area (Å²) in [6.45, 7) is 6.66. The fourth-order valence-corrected chi connectivity index (χ4v) is 4.77. The second-order valence-electron chi connectivity index (χ2n) is 5.88. The molecule has 0 aliphatic carbocycles. The predicted octanol–water partition coefficient (Wildman–Crippen LogP) is 1.09. The lowest BCUT2D eigenvalue weighted by molar-refractivity contribution is -0.973. The maximum Gasteiger partial charge on any atom is 0.228 e. The van der Waals surface area contributed by atoms with Crippen molar-refractivity contribution in [3.8, 4) is 0 Å². The second kappa shape index (κ2) is 4.25. The van der Waals surface area contributed by atoms with Gasteiger partial charge in [-0.25, -0.2) is 14.7 Å². The highest BCUT2D eigenvalue weighted by atomic mass is 35.5. The van der Waals surface area contributed by atoms with Gasteiger partial charge in [-0.3, -0.25) is 9.28 Å². The molecule has 0 aromatic carbocycles. The van der Waals surface area contributed by atoms with Crippen LogP contribution in [0.4, 0.5) is 0 Å². The van der Waals surface area contributed by atoms with Crippen LogP contribution >= 0.6 is 22.9 Å². The summed E-state index contributed by atoms with van der Waals surface area (Å²) in [5, 5.41) is 2.49. The molecule has 5 rings (SSSR count). The monoisotopic (exact) mass is 299 g/mol. The Bertz CT molecular complexity index is 496. The van der Waals surface area contributed by atoms with Crippen LogP contribution in [0.2, 0.25) is 5.02 Å². The van der Waals surface area contributed by atoms with Gasteiger partial charge in [0.15, 0.2) is 0 Å². The van der Waals surface area contributed by atoms with Crippen LogP contribution < -0.4 is 0 Å². The first-order valence-corrected chi connectivity index (χ1v) is 7.68. The normalized spacial score (nSPS) is 39.7. The van der Waals surface area contributed by atoms with E-state index in [1.807, 2.05) is 11.4 Å². The Morgan fingerprint density at radius 3 is 2.26 bits per heavy atom. The summed E-state index contributed by atoms with van der Waals surface area (Å²) < 4.78 is 0.840. The van der Waals surface area contributed by atoms with Gasteiger partial charge in [-0.15, -0.1) is 11.3 Å². The van der Waals surface area contributed by atoms with E-state index in [1.54, 1.807) is 0 Å². The number of nitrogens with zero attached hydrogens (tertiary/aromatic N) is 4. The minimum absolute atomic E-state index is 0.186. The number of carbonyl (C=O) groups excluding carboxylic acids is 1. The standard InChI is InChI=1S/C12H16ClN4OS/c13-10-1-2-19-12(10)11(18)3-17-7-14-4-15(8-17)6-16(5-14)9-17/h1-2H,3-9H2/q+1. The van der Waals surface area contributed by atoms with E-state index in [-0.39, 0.29) is 5.78 Å². The zero-order valence-electron chi connectivity index (χ0n) is 10.6. The van der Waals surface area contributed by atoms with Gasteiger partial charge in [-0.2, -0.15) is 0 Å². The molecule has 4 fully saturated rings. The fourth-order valence-electron chi connectivity index (χ4n) is 3.68. The summed E-state index contributed by atoms with van der Waals surface area (Å²) in [7, 11) is 0. The molecule has 4 aliphatic rings. The SMILES string of the molecule is O=C(C[N+]12CN3CN(CN(C3)C1)C2)c1sccc1Cl. The Hall–Kier alpha value is -0.500. The Morgan fingerprint density at radius 1 is 1.21 bits per heavy atom. The van der Waals surface area contributed by atoms with Crippen LogP contribution in [0, 0.1) is 0 Å². The topological polar surface area (TPSA) is 26.8 Å². The molecule has 102 valence electrons. The van der Waals surface area contributed by atoms with Gasteiger partial charge in [0.05, 0.1) is 29.9 Å². The van der Waals surface area contributed by atoms with Gasteiger partial charge in [0.1, 0.15) is 26.6 Å². The average molecular weight is 300 g/mol. The van der Waals surface area contributed by atoms with Gasteiger partial charge in [0.2, 0.25) is 5.78 Å². The Labute approximate surface area is 121 Å². The third-order valence-corrected chi connectivity index (χ3v) is 5.43. The molecular weight excluding hydrogens is 284 g/mol. The van der Waals surface area contributed by atoms with Gasteiger partial charge in [0, 0.05) is 0 Å². The van der Waals surface area contributed by atoms with Crippen LogP contribution in [0.3, 0.4) is 0 Å². The third kappa shape index (κ3) is 2.03. The maximum absolute atomic E-state index is 12.5. The van der Waals surface area contributed by atoms with Crippen LogP contribution in [0.5, 0.6) is 0 Å². The number of hydrogen-bond acceptors (Lipinski definition) is 5. The van der Waals surface area contributed by atoms with Crippen LogP contribution in [0.25, 0.3) is 0 Å². The molecule has 5 heterocycles. The van der Waals surface area contributed by atoms with Gasteiger partial charge in [-0.1, -0.05) is 11.6 Å². The van der Waals surface area contributed by atoms with E-state index in [9.17, 15) is 4.79 Å². The zero-order valence-corrected chi connectivity index (χ0v) is 12.2. The smallest absolute Gasteiger partial charge is 0.228 e. The third-order valence-electron chi connectivity index (χ3n) is 4.05. The van der Waals surface area contributed by atoms with E-state index in [0.29, 0.717) is 11.6 Å². The van der Waals surface area contributed by atoms with Crippen LogP contribution in [-0.2, 0) is 0 Å². The number of hydrogen-bond donors (Lipinski definition) is 0. The fraction of sp³-hybridized carbons (Fsp3) is 0.583. The van der Waals surface area contributed by atoms with E-state index in [4.69, 9.17) is 11.6 Å². The van der Waals surface area contributed by atoms with Crippen LogP contribution in [0.15, 0.2) is 11.4 Å². The second-order valence-corrected chi connectivity index (χ2v) is 7.20. The molecule has 1 aromatic heterocycles. The van der Waals surface area contributed by atoms with E-state index in [2.05, 4.69) is 14.7 Å². The number of rotatable bonds is 3. The van der Waals surface area contributed by atoms with E-state index >= 15 is 0 Å². The summed E-state index contributed by atoms with van der Waals surface area (Å²) in [4.78, 5) is 20.4. The maximum atomic E-state index is 12.5. The molecule has 0 spiro atoms. The highest BCUT2D eigenvalue weighted by Gasteiger charge is 2.49. The van der Waals surface area contributed by atoms with E-state index in [1.165, 1.54) is 11.3 Å². The molecule has 4 aliphatic heterocycles. The molecule has 0 unspecified atom stereocenters. The molecular formula is C12H16ClN4OS+. The minimum Gasteiger partial charge on any atom is -0.287 e. The van der Waals surface area contributed by atoms with Gasteiger partial charge in [0.25, 0.3) is 0 Å². The summed E-state index contributed by atoms with van der Waals surface area (Å²) in [6.07, 6.45) is 0. The quantitative estimate of drug-likeness (QED) is 0.617. The highest BCUT2D eigenvalue weighted by molar-refractivity contribution is 7.12. The van der Waals surface area contributed by atoms with Gasteiger partial charge >= 0.3 is 0 Å². The van der Waals surface area contributed by atoms with Gasteiger partial charge < -0.3 is 0 Å². The Kier molecular flexibility index (Phi) is 2.74. The largest absolute Gasteiger partial charge is 0.287 e. The molecule has 0 saturated carbocycles. The Balaban J connectivity index is 1.56. The van der Waals surface area contributed by atoms with Crippen LogP contribution in [0.1, 0.15) is 9.67 Å². The Morgan fingerprint density at radius 2 is 1.79 bits per heavy atom. The molecule has 7 heteroatoms. The van der Waals surface area contributed by atoms with Crippen molar-refractivity contribution in [2.75, 3.05) is 46.6 Å². The first-order valence-electron chi connectivity index (χ1n) is 6.42. The molecule has 0 amide bonds. The minimum atomic E-state index is 0.186. The number of quaternary nitrogens is 1. The number of halogens is 1. The molecule has 0 N–H and O–H groups in total. The lowest BCUT2D eigenvalue weighted by Crippen LogP contribution is -2.79. The van der Waals surface area contributed by atoms with Crippen molar-refractivity contribution in [1.82, 2.24) is 14.7 Å². The summed E-state index contributed by atoms with van der Waals surface area (Å²) >= 11 is 7.53. The first-order chi connectivity index (χ1) is 9.13. The van der Waals surface area contributed by atoms with Crippen molar-refractivity contribution in [3.05, 3.63) is 21.3 Å². The molecule has 1 aromatic rings. The molecule has 4 saturated heterocycles. The number of ketones is 1. The van der Waals surface area contributed by atoms with Crippen LogP contribution in [-0.4, -0.2) is 71.5 Å². The molecule has 4 bridgehead atoms. The van der Waals surface area contributed by atoms with Crippen molar-refractivity contribution in [3.63, 3.8) is 0 Å². The van der Waals surface area contributed by atoms with E-state index in [0.717, 1.165) is 49.4 Å². The van der Waals surface area contributed by atoms with Crippen molar-refractivity contribution in [2.45, 2.75) is 0 Å². The molecule has 0 atom stereocenters. The zero-order chi connectivity index (χ0) is 13.0.